The molecule has 2 rings (SSSR count). The lowest BCUT2D eigenvalue weighted by Crippen LogP contribution is -2.13. The van der Waals surface area contributed by atoms with Crippen LogP contribution >= 0.6 is 11.8 Å². The number of benzene rings is 1. The van der Waals surface area contributed by atoms with Crippen LogP contribution in [0.2, 0.25) is 0 Å². The van der Waals surface area contributed by atoms with Gasteiger partial charge in [-0.25, -0.2) is 0 Å². The molecule has 0 bridgehead atoms. The van der Waals surface area contributed by atoms with Crippen LogP contribution in [0.1, 0.15) is 43.6 Å². The van der Waals surface area contributed by atoms with Gasteiger partial charge in [-0.05, 0) is 31.4 Å². The molecular weight excluding hydrogens is 270 g/mol. The molecule has 20 heavy (non-hydrogen) atoms. The van der Waals surface area contributed by atoms with Crippen LogP contribution in [0.3, 0.4) is 0 Å². The van der Waals surface area contributed by atoms with Gasteiger partial charge in [-0.1, -0.05) is 36.7 Å². The third kappa shape index (κ3) is 4.35. The van der Waals surface area contributed by atoms with Crippen molar-refractivity contribution in [3.63, 3.8) is 0 Å². The van der Waals surface area contributed by atoms with Gasteiger partial charge in [0.15, 0.2) is 5.82 Å². The Morgan fingerprint density at radius 1 is 1.25 bits per heavy atom. The smallest absolute Gasteiger partial charge is 0.243 e. The molecule has 0 aliphatic heterocycles. The summed E-state index contributed by atoms with van der Waals surface area (Å²) < 4.78 is 5.24. The van der Waals surface area contributed by atoms with Crippen LogP contribution in [0, 0.1) is 12.8 Å². The highest BCUT2D eigenvalue weighted by molar-refractivity contribution is 7.98. The zero-order valence-electron chi connectivity index (χ0n) is 12.2. The van der Waals surface area contributed by atoms with Gasteiger partial charge >= 0.3 is 0 Å². The maximum Gasteiger partial charge on any atom is 0.243 e. The normalized spacial score (nSPS) is 12.8. The predicted octanol–water partition coefficient (Wildman–Crippen LogP) is 3.72. The fourth-order valence-electron chi connectivity index (χ4n) is 1.87. The molecule has 0 aliphatic carbocycles. The minimum Gasteiger partial charge on any atom is -0.338 e. The van der Waals surface area contributed by atoms with Crippen LogP contribution in [-0.4, -0.2) is 10.1 Å². The van der Waals surface area contributed by atoms with Gasteiger partial charge in [0.2, 0.25) is 5.89 Å². The molecule has 0 spiro atoms. The Morgan fingerprint density at radius 3 is 2.60 bits per heavy atom. The number of aryl methyl sites for hydroxylation is 1. The predicted molar refractivity (Wildman–Crippen MR) is 81.4 cm³/mol. The second-order valence-electron chi connectivity index (χ2n) is 5.39. The average molecular weight is 291 g/mol. The fourth-order valence-corrected chi connectivity index (χ4v) is 2.61. The summed E-state index contributed by atoms with van der Waals surface area (Å²) in [5.74, 6) is 2.45. The van der Waals surface area contributed by atoms with Gasteiger partial charge in [-0.15, -0.1) is 11.8 Å². The fraction of sp³-hybridized carbons (Fsp3) is 0.467. The summed E-state index contributed by atoms with van der Waals surface area (Å²) in [6.45, 7) is 6.34. The quantitative estimate of drug-likeness (QED) is 0.822. The van der Waals surface area contributed by atoms with E-state index in [4.69, 9.17) is 10.3 Å². The SMILES string of the molecule is Cc1ccc(SCc2noc([C@H](N)CC(C)C)n2)cc1. The van der Waals surface area contributed by atoms with Gasteiger partial charge in [0.1, 0.15) is 0 Å². The van der Waals surface area contributed by atoms with E-state index in [1.807, 2.05) is 0 Å². The van der Waals surface area contributed by atoms with Crippen molar-refractivity contribution in [3.8, 4) is 0 Å². The molecule has 1 aromatic carbocycles. The lowest BCUT2D eigenvalue weighted by atomic mass is 10.0. The highest BCUT2D eigenvalue weighted by atomic mass is 32.2. The number of aromatic nitrogens is 2. The minimum absolute atomic E-state index is 0.166. The second-order valence-corrected chi connectivity index (χ2v) is 6.44. The number of hydrogen-bond donors (Lipinski definition) is 1. The van der Waals surface area contributed by atoms with E-state index in [0.29, 0.717) is 23.4 Å². The average Bonchev–Trinajstić information content (AvgIpc) is 2.86. The highest BCUT2D eigenvalue weighted by Crippen LogP contribution is 2.23. The van der Waals surface area contributed by atoms with E-state index < -0.39 is 0 Å². The molecule has 0 amide bonds. The topological polar surface area (TPSA) is 64.9 Å². The van der Waals surface area contributed by atoms with Gasteiger partial charge in [-0.3, -0.25) is 0 Å². The second kappa shape index (κ2) is 6.90. The van der Waals surface area contributed by atoms with Gasteiger partial charge in [0, 0.05) is 4.90 Å². The summed E-state index contributed by atoms with van der Waals surface area (Å²) in [5.41, 5.74) is 7.29. The van der Waals surface area contributed by atoms with Gasteiger partial charge < -0.3 is 10.3 Å². The van der Waals surface area contributed by atoms with E-state index in [1.165, 1.54) is 10.5 Å². The molecule has 4 nitrogen and oxygen atoms in total. The summed E-state index contributed by atoms with van der Waals surface area (Å²) in [4.78, 5) is 5.57. The van der Waals surface area contributed by atoms with Crippen LogP contribution in [0.15, 0.2) is 33.7 Å². The van der Waals surface area contributed by atoms with Crippen LogP contribution in [0.5, 0.6) is 0 Å². The molecule has 2 aromatic rings. The van der Waals surface area contributed by atoms with E-state index >= 15 is 0 Å². The molecule has 0 saturated carbocycles. The van der Waals surface area contributed by atoms with E-state index in [-0.39, 0.29) is 6.04 Å². The Bertz CT molecular complexity index is 536. The van der Waals surface area contributed by atoms with Crippen LogP contribution in [-0.2, 0) is 5.75 Å². The Morgan fingerprint density at radius 2 is 1.95 bits per heavy atom. The molecule has 1 heterocycles. The monoisotopic (exact) mass is 291 g/mol. The first-order valence-electron chi connectivity index (χ1n) is 6.82. The summed E-state index contributed by atoms with van der Waals surface area (Å²) in [7, 11) is 0. The lowest BCUT2D eigenvalue weighted by molar-refractivity contribution is 0.333. The van der Waals surface area contributed by atoms with Crippen molar-refractivity contribution >= 4 is 11.8 Å². The van der Waals surface area contributed by atoms with Gasteiger partial charge in [-0.2, -0.15) is 4.98 Å². The van der Waals surface area contributed by atoms with Crippen molar-refractivity contribution in [2.24, 2.45) is 11.7 Å². The Balaban J connectivity index is 1.91. The first kappa shape index (κ1) is 15.1. The summed E-state index contributed by atoms with van der Waals surface area (Å²) in [6, 6.07) is 8.24. The maximum absolute atomic E-state index is 6.03. The molecule has 0 fully saturated rings. The van der Waals surface area contributed by atoms with E-state index in [0.717, 1.165) is 6.42 Å². The van der Waals surface area contributed by atoms with Crippen LogP contribution in [0.25, 0.3) is 0 Å². The van der Waals surface area contributed by atoms with E-state index in [2.05, 4.69) is 55.2 Å². The van der Waals surface area contributed by atoms with Crippen molar-refractivity contribution in [1.82, 2.24) is 10.1 Å². The molecule has 0 aliphatic rings. The summed E-state index contributed by atoms with van der Waals surface area (Å²) >= 11 is 1.70. The first-order valence-corrected chi connectivity index (χ1v) is 7.80. The van der Waals surface area contributed by atoms with Crippen LogP contribution in [0.4, 0.5) is 0 Å². The van der Waals surface area contributed by atoms with Crippen molar-refractivity contribution in [2.45, 2.75) is 43.9 Å². The Labute approximate surface area is 124 Å². The molecule has 1 aromatic heterocycles. The standard InChI is InChI=1S/C15H21N3OS/c1-10(2)8-13(16)15-17-14(18-19-15)9-20-12-6-4-11(3)5-7-12/h4-7,10,13H,8-9,16H2,1-3H3/t13-/m1/s1. The lowest BCUT2D eigenvalue weighted by Gasteiger charge is -2.08. The number of thioether (sulfide) groups is 1. The van der Waals surface area contributed by atoms with Crippen molar-refractivity contribution in [2.75, 3.05) is 0 Å². The zero-order valence-corrected chi connectivity index (χ0v) is 13.0. The molecule has 0 unspecified atom stereocenters. The molecular formula is C15H21N3OS. The van der Waals surface area contributed by atoms with Gasteiger partial charge in [0.05, 0.1) is 11.8 Å². The summed E-state index contributed by atoms with van der Waals surface area (Å²) in [6.07, 6.45) is 0.854. The largest absolute Gasteiger partial charge is 0.338 e. The molecule has 0 radical (unpaired) electrons. The first-order chi connectivity index (χ1) is 9.54. The molecule has 2 N–H and O–H groups in total. The van der Waals surface area contributed by atoms with Gasteiger partial charge in [0.25, 0.3) is 0 Å². The summed E-state index contributed by atoms with van der Waals surface area (Å²) in [5, 5.41) is 3.99. The number of rotatable bonds is 6. The van der Waals surface area contributed by atoms with Crippen molar-refractivity contribution in [3.05, 3.63) is 41.5 Å². The van der Waals surface area contributed by atoms with E-state index in [9.17, 15) is 0 Å². The maximum atomic E-state index is 6.03. The molecule has 5 heteroatoms. The van der Waals surface area contributed by atoms with Crippen molar-refractivity contribution in [1.29, 1.82) is 0 Å². The Kier molecular flexibility index (Phi) is 5.20. The zero-order chi connectivity index (χ0) is 14.5. The number of hydrogen-bond acceptors (Lipinski definition) is 5. The van der Waals surface area contributed by atoms with E-state index in [1.54, 1.807) is 11.8 Å². The van der Waals surface area contributed by atoms with Crippen molar-refractivity contribution < 1.29 is 4.52 Å². The molecule has 108 valence electrons. The minimum atomic E-state index is -0.166. The Hall–Kier alpha value is -1.33. The third-order valence-electron chi connectivity index (χ3n) is 2.92. The molecule has 1 atom stereocenters. The highest BCUT2D eigenvalue weighted by Gasteiger charge is 2.16. The number of nitrogens with two attached hydrogens (primary N) is 1. The van der Waals surface area contributed by atoms with Crippen LogP contribution < -0.4 is 5.73 Å². The molecule has 0 saturated heterocycles. The third-order valence-corrected chi connectivity index (χ3v) is 3.92. The number of nitrogens with zero attached hydrogens (tertiary/aromatic N) is 2.